The van der Waals surface area contributed by atoms with Crippen molar-refractivity contribution in [2.24, 2.45) is 0 Å². The van der Waals surface area contributed by atoms with E-state index in [1.54, 1.807) is 0 Å². The smallest absolute Gasteiger partial charge is 0.252 e. The number of nitrogens with one attached hydrogen (secondary N) is 2. The van der Waals surface area contributed by atoms with E-state index in [1.807, 2.05) is 0 Å². The van der Waals surface area contributed by atoms with Crippen LogP contribution in [0.3, 0.4) is 0 Å². The molecular weight excluding hydrogens is 345 g/mol. The Morgan fingerprint density at radius 1 is 1.35 bits per heavy atom. The topological polar surface area (TPSA) is 62.0 Å². The molecule has 1 amide bonds. The molecule has 0 aliphatic carbocycles. The standard InChI is InChI=1S/C19H17F3N2O2/c1-4-17-15(10(2)20)7-12(19(26)24-17)8-18(25)23-11(3)14-6-5-13(21)9-16(14)22/h4-7,9,11H,1-2,8H2,3H3,(H,23,25)(H,24,26)/t11-/m0/s1. The Morgan fingerprint density at radius 3 is 2.62 bits per heavy atom. The lowest BCUT2D eigenvalue weighted by Crippen LogP contribution is -2.30. The molecule has 0 aliphatic heterocycles. The Hall–Kier alpha value is -3.09. The first kappa shape index (κ1) is 19.2. The fourth-order valence-electron chi connectivity index (χ4n) is 2.50. The first-order chi connectivity index (χ1) is 12.2. The van der Waals surface area contributed by atoms with Gasteiger partial charge in [-0.3, -0.25) is 9.59 Å². The maximum atomic E-state index is 13.8. The van der Waals surface area contributed by atoms with Crippen molar-refractivity contribution in [1.82, 2.24) is 10.3 Å². The van der Waals surface area contributed by atoms with Gasteiger partial charge in [0.1, 0.15) is 17.5 Å². The maximum absolute atomic E-state index is 13.8. The highest BCUT2D eigenvalue weighted by molar-refractivity contribution is 5.79. The Balaban J connectivity index is 2.19. The number of hydrogen-bond donors (Lipinski definition) is 2. The highest BCUT2D eigenvalue weighted by atomic mass is 19.1. The minimum absolute atomic E-state index is 0.0219. The van der Waals surface area contributed by atoms with E-state index in [4.69, 9.17) is 0 Å². The molecule has 1 aromatic heterocycles. The molecule has 1 aromatic carbocycles. The summed E-state index contributed by atoms with van der Waals surface area (Å²) in [5.74, 6) is -2.87. The summed E-state index contributed by atoms with van der Waals surface area (Å²) in [5, 5.41) is 2.52. The Kier molecular flexibility index (Phi) is 5.82. The van der Waals surface area contributed by atoms with Gasteiger partial charge in [-0.15, -0.1) is 0 Å². The Labute approximate surface area is 148 Å². The second-order valence-corrected chi connectivity index (χ2v) is 5.69. The molecule has 4 nitrogen and oxygen atoms in total. The highest BCUT2D eigenvalue weighted by Gasteiger charge is 2.17. The van der Waals surface area contributed by atoms with Crippen molar-refractivity contribution in [3.05, 3.63) is 81.8 Å². The minimum atomic E-state index is -0.790. The van der Waals surface area contributed by atoms with Crippen molar-refractivity contribution >= 4 is 17.8 Å². The molecule has 2 rings (SSSR count). The molecule has 0 saturated carbocycles. The summed E-state index contributed by atoms with van der Waals surface area (Å²) in [5.41, 5.74) is -0.253. The molecular formula is C19H17F3N2O2. The number of hydrogen-bond acceptors (Lipinski definition) is 2. The number of rotatable bonds is 6. The third kappa shape index (κ3) is 4.30. The van der Waals surface area contributed by atoms with Crippen molar-refractivity contribution in [3.8, 4) is 0 Å². The third-order valence-electron chi connectivity index (χ3n) is 3.80. The molecule has 0 aliphatic rings. The predicted molar refractivity (Wildman–Crippen MR) is 93.9 cm³/mol. The minimum Gasteiger partial charge on any atom is -0.349 e. The van der Waals surface area contributed by atoms with Crippen LogP contribution in [0.1, 0.15) is 35.3 Å². The molecule has 1 heterocycles. The van der Waals surface area contributed by atoms with Crippen LogP contribution in [0.5, 0.6) is 0 Å². The van der Waals surface area contributed by atoms with E-state index >= 15 is 0 Å². The van der Waals surface area contributed by atoms with E-state index in [0.717, 1.165) is 12.1 Å². The third-order valence-corrected chi connectivity index (χ3v) is 3.80. The van der Waals surface area contributed by atoms with Gasteiger partial charge in [0, 0.05) is 22.8 Å². The number of aromatic amines is 1. The highest BCUT2D eigenvalue weighted by Crippen LogP contribution is 2.19. The number of carbonyl (C=O) groups is 1. The van der Waals surface area contributed by atoms with Crippen LogP contribution in [0.2, 0.25) is 0 Å². The van der Waals surface area contributed by atoms with Gasteiger partial charge in [-0.05, 0) is 25.1 Å². The normalized spacial score (nSPS) is 11.7. The van der Waals surface area contributed by atoms with Crippen LogP contribution < -0.4 is 10.9 Å². The van der Waals surface area contributed by atoms with E-state index < -0.39 is 35.0 Å². The average Bonchev–Trinajstić information content (AvgIpc) is 2.55. The molecule has 0 bridgehead atoms. The summed E-state index contributed by atoms with van der Waals surface area (Å²) in [6.45, 7) is 8.18. The van der Waals surface area contributed by atoms with Gasteiger partial charge in [0.2, 0.25) is 5.91 Å². The van der Waals surface area contributed by atoms with Crippen molar-refractivity contribution in [1.29, 1.82) is 0 Å². The van der Waals surface area contributed by atoms with Gasteiger partial charge in [-0.2, -0.15) is 0 Å². The summed E-state index contributed by atoms with van der Waals surface area (Å²) < 4.78 is 40.2. The summed E-state index contributed by atoms with van der Waals surface area (Å²) in [6.07, 6.45) is 0.922. The number of halogens is 3. The van der Waals surface area contributed by atoms with Crippen LogP contribution in [0, 0.1) is 11.6 Å². The van der Waals surface area contributed by atoms with Gasteiger partial charge >= 0.3 is 0 Å². The maximum Gasteiger partial charge on any atom is 0.252 e. The number of H-pyrrole nitrogens is 1. The van der Waals surface area contributed by atoms with E-state index in [1.165, 1.54) is 25.1 Å². The fourth-order valence-corrected chi connectivity index (χ4v) is 2.50. The van der Waals surface area contributed by atoms with Crippen molar-refractivity contribution < 1.29 is 18.0 Å². The van der Waals surface area contributed by atoms with E-state index in [-0.39, 0.29) is 28.8 Å². The quantitative estimate of drug-likeness (QED) is 0.824. The van der Waals surface area contributed by atoms with E-state index in [9.17, 15) is 22.8 Å². The Morgan fingerprint density at radius 2 is 2.04 bits per heavy atom. The zero-order valence-corrected chi connectivity index (χ0v) is 14.0. The van der Waals surface area contributed by atoms with Crippen molar-refractivity contribution in [2.45, 2.75) is 19.4 Å². The number of amides is 1. The fraction of sp³-hybridized carbons (Fsp3) is 0.158. The lowest BCUT2D eigenvalue weighted by atomic mass is 10.1. The molecule has 0 unspecified atom stereocenters. The van der Waals surface area contributed by atoms with Gasteiger partial charge in [-0.1, -0.05) is 19.2 Å². The lowest BCUT2D eigenvalue weighted by Gasteiger charge is -2.15. The molecule has 2 N–H and O–H groups in total. The van der Waals surface area contributed by atoms with Crippen LogP contribution in [0.25, 0.3) is 11.9 Å². The van der Waals surface area contributed by atoms with E-state index in [2.05, 4.69) is 23.5 Å². The zero-order valence-electron chi connectivity index (χ0n) is 14.0. The van der Waals surface area contributed by atoms with Crippen molar-refractivity contribution in [2.75, 3.05) is 0 Å². The summed E-state index contributed by atoms with van der Waals surface area (Å²) in [7, 11) is 0. The summed E-state index contributed by atoms with van der Waals surface area (Å²) in [4.78, 5) is 26.6. The second kappa shape index (κ2) is 7.86. The molecule has 1 atom stereocenters. The molecule has 7 heteroatoms. The van der Waals surface area contributed by atoms with Crippen LogP contribution in [-0.2, 0) is 11.2 Å². The first-order valence-corrected chi connectivity index (χ1v) is 7.70. The summed E-state index contributed by atoms with van der Waals surface area (Å²) >= 11 is 0. The number of pyridine rings is 1. The van der Waals surface area contributed by atoms with Gasteiger partial charge in [0.25, 0.3) is 5.56 Å². The molecule has 0 fully saturated rings. The molecule has 0 radical (unpaired) electrons. The second-order valence-electron chi connectivity index (χ2n) is 5.69. The largest absolute Gasteiger partial charge is 0.349 e. The van der Waals surface area contributed by atoms with Gasteiger partial charge in [-0.25, -0.2) is 13.2 Å². The monoisotopic (exact) mass is 362 g/mol. The van der Waals surface area contributed by atoms with Crippen LogP contribution in [-0.4, -0.2) is 10.9 Å². The predicted octanol–water partition coefficient (Wildman–Crippen LogP) is 3.66. The summed E-state index contributed by atoms with van der Waals surface area (Å²) in [6, 6.07) is 3.51. The first-order valence-electron chi connectivity index (χ1n) is 7.70. The lowest BCUT2D eigenvalue weighted by molar-refractivity contribution is -0.121. The molecule has 2 aromatic rings. The number of carbonyl (C=O) groups excluding carboxylic acids is 1. The van der Waals surface area contributed by atoms with Gasteiger partial charge in [0.15, 0.2) is 0 Å². The Bertz CT molecular complexity index is 935. The SMILES string of the molecule is C=Cc1[nH]c(=O)c(CC(=O)N[C@@H](C)c2ccc(F)cc2F)cc1C(=C)F. The molecule has 0 saturated heterocycles. The van der Waals surface area contributed by atoms with Gasteiger partial charge in [0.05, 0.1) is 18.2 Å². The van der Waals surface area contributed by atoms with Gasteiger partial charge < -0.3 is 10.3 Å². The molecule has 0 spiro atoms. The van der Waals surface area contributed by atoms with Crippen molar-refractivity contribution in [3.63, 3.8) is 0 Å². The van der Waals surface area contributed by atoms with Crippen LogP contribution in [0.15, 0.2) is 42.2 Å². The number of benzene rings is 1. The average molecular weight is 362 g/mol. The van der Waals surface area contributed by atoms with Crippen LogP contribution in [0.4, 0.5) is 13.2 Å². The zero-order chi connectivity index (χ0) is 19.4. The molecule has 136 valence electrons. The van der Waals surface area contributed by atoms with E-state index in [0.29, 0.717) is 0 Å². The molecule has 26 heavy (non-hydrogen) atoms. The van der Waals surface area contributed by atoms with Crippen LogP contribution >= 0.6 is 0 Å². The number of aromatic nitrogens is 1.